The lowest BCUT2D eigenvalue weighted by Gasteiger charge is -2.12. The molecule has 122 valence electrons. The van der Waals surface area contributed by atoms with E-state index in [2.05, 4.69) is 15.2 Å². The number of rotatable bonds is 3. The molecular formula is C18H17N3O2S. The van der Waals surface area contributed by atoms with Gasteiger partial charge in [-0.3, -0.25) is 4.79 Å². The zero-order chi connectivity index (χ0) is 16.4. The van der Waals surface area contributed by atoms with Gasteiger partial charge < -0.3 is 14.6 Å². The van der Waals surface area contributed by atoms with Gasteiger partial charge in [0.25, 0.3) is 5.91 Å². The Morgan fingerprint density at radius 2 is 1.92 bits per heavy atom. The summed E-state index contributed by atoms with van der Waals surface area (Å²) < 4.78 is 5.85. The number of anilines is 1. The fourth-order valence-corrected chi connectivity index (χ4v) is 3.58. The number of furan rings is 1. The van der Waals surface area contributed by atoms with Crippen LogP contribution in [-0.4, -0.2) is 24.2 Å². The van der Waals surface area contributed by atoms with Crippen molar-refractivity contribution in [3.63, 3.8) is 0 Å². The van der Waals surface area contributed by atoms with Crippen molar-refractivity contribution in [3.8, 4) is 0 Å². The average Bonchev–Trinajstić information content (AvgIpc) is 3.31. The summed E-state index contributed by atoms with van der Waals surface area (Å²) in [6, 6.07) is 13.4. The highest BCUT2D eigenvalue weighted by Crippen LogP contribution is 2.30. The van der Waals surface area contributed by atoms with Gasteiger partial charge in [-0.2, -0.15) is 0 Å². The maximum absolute atomic E-state index is 12.1. The van der Waals surface area contributed by atoms with E-state index in [1.807, 2.05) is 42.5 Å². The van der Waals surface area contributed by atoms with Crippen LogP contribution in [0.25, 0.3) is 6.08 Å². The summed E-state index contributed by atoms with van der Waals surface area (Å²) in [4.78, 5) is 19.4. The van der Waals surface area contributed by atoms with Crippen LogP contribution >= 0.6 is 11.8 Å². The number of hydrogen-bond acceptors (Lipinski definition) is 5. The molecule has 4 rings (SSSR count). The van der Waals surface area contributed by atoms with Gasteiger partial charge in [-0.25, -0.2) is 4.99 Å². The van der Waals surface area contributed by atoms with Gasteiger partial charge in [-0.15, -0.1) is 0 Å². The Hall–Kier alpha value is -2.47. The number of amides is 1. The lowest BCUT2D eigenvalue weighted by molar-refractivity contribution is -0.115. The first-order chi connectivity index (χ1) is 11.8. The summed E-state index contributed by atoms with van der Waals surface area (Å²) in [6.07, 6.45) is 4.18. The van der Waals surface area contributed by atoms with Crippen LogP contribution in [0.3, 0.4) is 0 Å². The molecule has 24 heavy (non-hydrogen) atoms. The third kappa shape index (κ3) is 3.23. The van der Waals surface area contributed by atoms with Crippen molar-refractivity contribution in [1.29, 1.82) is 0 Å². The number of amidine groups is 1. The van der Waals surface area contributed by atoms with Crippen LogP contribution in [0.4, 0.5) is 11.6 Å². The maximum atomic E-state index is 12.1. The molecule has 1 N–H and O–H groups in total. The smallest absolute Gasteiger partial charge is 0.264 e. The molecule has 2 saturated heterocycles. The fraction of sp³-hybridized carbons (Fsp3) is 0.222. The first-order valence-electron chi connectivity index (χ1n) is 7.97. The summed E-state index contributed by atoms with van der Waals surface area (Å²) in [7, 11) is 0. The summed E-state index contributed by atoms with van der Waals surface area (Å²) in [5, 5.41) is 3.38. The molecule has 0 saturated carbocycles. The molecular weight excluding hydrogens is 322 g/mol. The number of benzene rings is 1. The predicted molar refractivity (Wildman–Crippen MR) is 97.4 cm³/mol. The van der Waals surface area contributed by atoms with E-state index in [0.29, 0.717) is 15.8 Å². The lowest BCUT2D eigenvalue weighted by atomic mass is 10.3. The van der Waals surface area contributed by atoms with Crippen molar-refractivity contribution in [3.05, 3.63) is 53.1 Å². The van der Waals surface area contributed by atoms with E-state index in [1.165, 1.54) is 24.6 Å². The Labute approximate surface area is 144 Å². The van der Waals surface area contributed by atoms with Gasteiger partial charge in [0, 0.05) is 25.2 Å². The van der Waals surface area contributed by atoms with E-state index < -0.39 is 0 Å². The number of nitrogens with one attached hydrogen (secondary N) is 1. The summed E-state index contributed by atoms with van der Waals surface area (Å²) in [5.41, 5.74) is 0.816. The van der Waals surface area contributed by atoms with E-state index in [9.17, 15) is 4.79 Å². The van der Waals surface area contributed by atoms with Gasteiger partial charge in [0.05, 0.1) is 10.6 Å². The summed E-state index contributed by atoms with van der Waals surface area (Å²) in [5.74, 6) is 1.42. The van der Waals surface area contributed by atoms with Crippen LogP contribution in [0.2, 0.25) is 0 Å². The highest BCUT2D eigenvalue weighted by Gasteiger charge is 2.24. The second kappa shape index (κ2) is 6.57. The fourth-order valence-electron chi connectivity index (χ4n) is 2.76. The quantitative estimate of drug-likeness (QED) is 0.865. The van der Waals surface area contributed by atoms with Crippen LogP contribution in [0, 0.1) is 0 Å². The molecule has 0 spiro atoms. The standard InChI is InChI=1S/C18H17N3O2S/c22-17-15(24-18(20-17)19-13-6-2-1-3-7-13)12-14-8-9-16(23-14)21-10-4-5-11-21/h1-3,6-9,12H,4-5,10-11H2,(H,19,20,22)/b15-12+. The Morgan fingerprint density at radius 1 is 1.12 bits per heavy atom. The SMILES string of the molecule is O=C1NC(=Nc2ccccc2)S/C1=C/c1ccc(N2CCCC2)o1. The number of aliphatic imine (C=N–C) groups is 1. The third-order valence-electron chi connectivity index (χ3n) is 3.94. The van der Waals surface area contributed by atoms with E-state index in [0.717, 1.165) is 24.7 Å². The van der Waals surface area contributed by atoms with E-state index >= 15 is 0 Å². The minimum atomic E-state index is -0.145. The van der Waals surface area contributed by atoms with E-state index in [-0.39, 0.29) is 5.91 Å². The molecule has 1 aromatic heterocycles. The largest absolute Gasteiger partial charge is 0.441 e. The number of thioether (sulfide) groups is 1. The Balaban J connectivity index is 1.51. The Morgan fingerprint density at radius 3 is 2.71 bits per heavy atom. The number of carbonyl (C=O) groups excluding carboxylic acids is 1. The minimum Gasteiger partial charge on any atom is -0.441 e. The topological polar surface area (TPSA) is 57.8 Å². The van der Waals surface area contributed by atoms with Gasteiger partial charge >= 0.3 is 0 Å². The van der Waals surface area contributed by atoms with Crippen molar-refractivity contribution >= 4 is 40.5 Å². The van der Waals surface area contributed by atoms with Crippen LogP contribution in [0.1, 0.15) is 18.6 Å². The lowest BCUT2D eigenvalue weighted by Crippen LogP contribution is -2.19. The zero-order valence-corrected chi connectivity index (χ0v) is 13.9. The predicted octanol–water partition coefficient (Wildman–Crippen LogP) is 3.77. The van der Waals surface area contributed by atoms with Gasteiger partial charge in [0.1, 0.15) is 5.76 Å². The highest BCUT2D eigenvalue weighted by atomic mass is 32.2. The normalized spacial score (nSPS) is 21.0. The molecule has 2 aromatic rings. The molecule has 3 heterocycles. The third-order valence-corrected chi connectivity index (χ3v) is 4.85. The van der Waals surface area contributed by atoms with E-state index in [4.69, 9.17) is 4.42 Å². The molecule has 5 nitrogen and oxygen atoms in total. The molecule has 0 unspecified atom stereocenters. The van der Waals surface area contributed by atoms with Crippen molar-refractivity contribution in [2.45, 2.75) is 12.8 Å². The second-order valence-corrected chi connectivity index (χ2v) is 6.72. The van der Waals surface area contributed by atoms with Crippen molar-refractivity contribution < 1.29 is 9.21 Å². The minimum absolute atomic E-state index is 0.145. The van der Waals surface area contributed by atoms with Crippen LogP contribution in [-0.2, 0) is 4.79 Å². The molecule has 2 aliphatic rings. The Kier molecular flexibility index (Phi) is 4.13. The number of hydrogen-bond donors (Lipinski definition) is 1. The average molecular weight is 339 g/mol. The summed E-state index contributed by atoms with van der Waals surface area (Å²) >= 11 is 1.33. The van der Waals surface area contributed by atoms with Gasteiger partial charge in [0.15, 0.2) is 11.1 Å². The monoisotopic (exact) mass is 339 g/mol. The van der Waals surface area contributed by atoms with Crippen LogP contribution < -0.4 is 10.2 Å². The van der Waals surface area contributed by atoms with Crippen LogP contribution in [0.5, 0.6) is 0 Å². The zero-order valence-electron chi connectivity index (χ0n) is 13.1. The number of carbonyl (C=O) groups is 1. The molecule has 0 atom stereocenters. The molecule has 0 radical (unpaired) electrons. The molecule has 0 bridgehead atoms. The highest BCUT2D eigenvalue weighted by molar-refractivity contribution is 8.18. The van der Waals surface area contributed by atoms with Gasteiger partial charge in [-0.1, -0.05) is 18.2 Å². The van der Waals surface area contributed by atoms with Crippen LogP contribution in [0.15, 0.2) is 56.8 Å². The summed E-state index contributed by atoms with van der Waals surface area (Å²) in [6.45, 7) is 2.07. The molecule has 1 amide bonds. The maximum Gasteiger partial charge on any atom is 0.264 e. The van der Waals surface area contributed by atoms with Crippen molar-refractivity contribution in [2.24, 2.45) is 4.99 Å². The number of nitrogens with zero attached hydrogens (tertiary/aromatic N) is 2. The first kappa shape index (κ1) is 15.1. The van der Waals surface area contributed by atoms with Crippen molar-refractivity contribution in [2.75, 3.05) is 18.0 Å². The molecule has 1 aromatic carbocycles. The molecule has 2 aliphatic heterocycles. The Bertz CT molecular complexity index is 805. The van der Waals surface area contributed by atoms with E-state index in [1.54, 1.807) is 6.08 Å². The number of para-hydroxylation sites is 1. The first-order valence-corrected chi connectivity index (χ1v) is 8.79. The van der Waals surface area contributed by atoms with Gasteiger partial charge in [-0.05, 0) is 42.8 Å². The second-order valence-electron chi connectivity index (χ2n) is 5.69. The molecule has 0 aliphatic carbocycles. The van der Waals surface area contributed by atoms with Crippen molar-refractivity contribution in [1.82, 2.24) is 5.32 Å². The van der Waals surface area contributed by atoms with Gasteiger partial charge in [0.2, 0.25) is 0 Å². The molecule has 2 fully saturated rings. The molecule has 6 heteroatoms.